The minimum absolute atomic E-state index is 0. The molecular formula is C15H27IN4S. The van der Waals surface area contributed by atoms with Crippen LogP contribution in [0, 0.1) is 5.92 Å². The smallest absolute Gasteiger partial charge is 0.194 e. The molecule has 1 saturated heterocycles. The van der Waals surface area contributed by atoms with E-state index < -0.39 is 0 Å². The van der Waals surface area contributed by atoms with Gasteiger partial charge in [0.15, 0.2) is 5.96 Å². The zero-order valence-electron chi connectivity index (χ0n) is 13.3. The fourth-order valence-corrected chi connectivity index (χ4v) is 3.32. The maximum absolute atomic E-state index is 4.77. The van der Waals surface area contributed by atoms with Crippen LogP contribution >= 0.6 is 35.3 Å². The lowest BCUT2D eigenvalue weighted by Crippen LogP contribution is -2.46. The molecule has 0 spiro atoms. The van der Waals surface area contributed by atoms with E-state index >= 15 is 0 Å². The van der Waals surface area contributed by atoms with Gasteiger partial charge in [-0.1, -0.05) is 13.8 Å². The fraction of sp³-hybridized carbons (Fsp3) is 0.733. The summed E-state index contributed by atoms with van der Waals surface area (Å²) in [7, 11) is 0. The second kappa shape index (κ2) is 9.61. The number of hydrogen-bond donors (Lipinski definition) is 1. The number of guanidine groups is 1. The summed E-state index contributed by atoms with van der Waals surface area (Å²) in [6.45, 7) is 10.5. The molecule has 120 valence electrons. The minimum atomic E-state index is 0. The Hall–Kier alpha value is -0.370. The summed E-state index contributed by atoms with van der Waals surface area (Å²) in [5, 5.41) is 4.53. The van der Waals surface area contributed by atoms with Crippen molar-refractivity contribution in [3.8, 4) is 0 Å². The van der Waals surface area contributed by atoms with Crippen molar-refractivity contribution in [3.63, 3.8) is 0 Å². The Kier molecular flexibility index (Phi) is 8.55. The third kappa shape index (κ3) is 5.73. The van der Waals surface area contributed by atoms with Gasteiger partial charge in [-0.3, -0.25) is 0 Å². The van der Waals surface area contributed by atoms with E-state index in [0.29, 0.717) is 6.54 Å². The maximum Gasteiger partial charge on any atom is 0.194 e. The van der Waals surface area contributed by atoms with E-state index in [1.54, 1.807) is 11.3 Å². The van der Waals surface area contributed by atoms with Crippen LogP contribution in [0.2, 0.25) is 0 Å². The highest BCUT2D eigenvalue weighted by Crippen LogP contribution is 2.17. The van der Waals surface area contributed by atoms with Crippen molar-refractivity contribution in [1.82, 2.24) is 15.2 Å². The number of likely N-dealkylation sites (tertiary alicyclic amines) is 1. The summed E-state index contributed by atoms with van der Waals surface area (Å²) in [6.07, 6.45) is 5.64. The number of piperidine rings is 1. The van der Waals surface area contributed by atoms with Gasteiger partial charge in [-0.25, -0.2) is 9.98 Å². The van der Waals surface area contributed by atoms with E-state index in [-0.39, 0.29) is 24.0 Å². The van der Waals surface area contributed by atoms with Crippen molar-refractivity contribution >= 4 is 41.3 Å². The maximum atomic E-state index is 4.77. The molecule has 1 atom stereocenters. The zero-order valence-corrected chi connectivity index (χ0v) is 16.4. The zero-order chi connectivity index (χ0) is 14.4. The first kappa shape index (κ1) is 18.7. The molecule has 1 unspecified atom stereocenters. The van der Waals surface area contributed by atoms with Crippen molar-refractivity contribution in [2.75, 3.05) is 19.6 Å². The van der Waals surface area contributed by atoms with Gasteiger partial charge in [0.1, 0.15) is 5.01 Å². The van der Waals surface area contributed by atoms with Gasteiger partial charge in [-0.05, 0) is 32.1 Å². The Balaban J connectivity index is 0.00000220. The van der Waals surface area contributed by atoms with Crippen molar-refractivity contribution in [2.45, 2.75) is 46.6 Å². The van der Waals surface area contributed by atoms with Crippen molar-refractivity contribution in [3.05, 3.63) is 16.1 Å². The molecule has 1 aromatic heterocycles. The molecule has 0 saturated carbocycles. The van der Waals surface area contributed by atoms with Gasteiger partial charge in [0, 0.05) is 30.7 Å². The molecule has 0 amide bonds. The number of aliphatic imine (C=N–C) groups is 1. The second-order valence-electron chi connectivity index (χ2n) is 5.44. The molecule has 2 rings (SSSR count). The van der Waals surface area contributed by atoms with Crippen molar-refractivity contribution in [1.29, 1.82) is 0 Å². The average molecular weight is 422 g/mol. The molecule has 0 bridgehead atoms. The Bertz CT molecular complexity index is 447. The first-order valence-corrected chi connectivity index (χ1v) is 8.51. The van der Waals surface area contributed by atoms with Crippen LogP contribution in [0.3, 0.4) is 0 Å². The van der Waals surface area contributed by atoms with Crippen LogP contribution in [0.25, 0.3) is 0 Å². The molecule has 4 nitrogen and oxygen atoms in total. The summed E-state index contributed by atoms with van der Waals surface area (Å²) in [5.41, 5.74) is 0. The van der Waals surface area contributed by atoms with E-state index in [2.05, 4.69) is 36.0 Å². The monoisotopic (exact) mass is 422 g/mol. The number of aryl methyl sites for hydroxylation is 1. The molecule has 1 aliphatic heterocycles. The largest absolute Gasteiger partial charge is 0.357 e. The van der Waals surface area contributed by atoms with Gasteiger partial charge in [0.25, 0.3) is 0 Å². The number of thiazole rings is 1. The standard InChI is InChI=1S/C15H26N4S.HI/c1-4-13-9-17-14(20-13)10-18-15(16-5-2)19-8-6-7-12(3)11-19;/h9,12H,4-8,10-11H2,1-3H3,(H,16,18);1H. The fourth-order valence-electron chi connectivity index (χ4n) is 2.53. The number of aromatic nitrogens is 1. The highest BCUT2D eigenvalue weighted by atomic mass is 127. The van der Waals surface area contributed by atoms with E-state index in [1.165, 1.54) is 17.7 Å². The van der Waals surface area contributed by atoms with Gasteiger partial charge in [0.05, 0.1) is 6.54 Å². The van der Waals surface area contributed by atoms with Gasteiger partial charge in [-0.2, -0.15) is 0 Å². The topological polar surface area (TPSA) is 40.5 Å². The first-order chi connectivity index (χ1) is 9.72. The van der Waals surface area contributed by atoms with Gasteiger partial charge in [-0.15, -0.1) is 35.3 Å². The lowest BCUT2D eigenvalue weighted by atomic mass is 10.0. The number of hydrogen-bond acceptors (Lipinski definition) is 3. The number of nitrogens with one attached hydrogen (secondary N) is 1. The van der Waals surface area contributed by atoms with Crippen molar-refractivity contribution in [2.24, 2.45) is 10.9 Å². The third-order valence-electron chi connectivity index (χ3n) is 3.61. The van der Waals surface area contributed by atoms with E-state index in [9.17, 15) is 0 Å². The molecule has 2 heterocycles. The van der Waals surface area contributed by atoms with Crippen LogP contribution in [-0.2, 0) is 13.0 Å². The predicted octanol–water partition coefficient (Wildman–Crippen LogP) is 3.52. The minimum Gasteiger partial charge on any atom is -0.357 e. The lowest BCUT2D eigenvalue weighted by molar-refractivity contribution is 0.266. The van der Waals surface area contributed by atoms with Crippen molar-refractivity contribution < 1.29 is 0 Å². The number of halogens is 1. The van der Waals surface area contributed by atoms with Crippen LogP contribution in [0.4, 0.5) is 0 Å². The number of rotatable bonds is 4. The SMILES string of the molecule is CCNC(=NCc1ncc(CC)s1)N1CCCC(C)C1.I. The highest BCUT2D eigenvalue weighted by molar-refractivity contribution is 14.0. The molecule has 21 heavy (non-hydrogen) atoms. The summed E-state index contributed by atoms with van der Waals surface area (Å²) in [6, 6.07) is 0. The molecule has 0 aliphatic carbocycles. The molecule has 0 radical (unpaired) electrons. The third-order valence-corrected chi connectivity index (χ3v) is 4.73. The predicted molar refractivity (Wildman–Crippen MR) is 102 cm³/mol. The summed E-state index contributed by atoms with van der Waals surface area (Å²) in [5.74, 6) is 1.81. The molecule has 6 heteroatoms. The first-order valence-electron chi connectivity index (χ1n) is 7.69. The molecule has 1 aliphatic rings. The summed E-state index contributed by atoms with van der Waals surface area (Å²) in [4.78, 5) is 12.9. The molecule has 1 aromatic rings. The molecule has 1 fully saturated rings. The van der Waals surface area contributed by atoms with Gasteiger partial charge < -0.3 is 10.2 Å². The Morgan fingerprint density at radius 3 is 2.95 bits per heavy atom. The van der Waals surface area contributed by atoms with E-state index in [0.717, 1.165) is 42.9 Å². The Morgan fingerprint density at radius 1 is 1.52 bits per heavy atom. The lowest BCUT2D eigenvalue weighted by Gasteiger charge is -2.33. The van der Waals surface area contributed by atoms with Crippen LogP contribution in [0.1, 0.15) is 43.5 Å². The van der Waals surface area contributed by atoms with Crippen LogP contribution in [0.5, 0.6) is 0 Å². The van der Waals surface area contributed by atoms with Crippen LogP contribution < -0.4 is 5.32 Å². The number of nitrogens with zero attached hydrogens (tertiary/aromatic N) is 3. The van der Waals surface area contributed by atoms with Gasteiger partial charge in [0.2, 0.25) is 0 Å². The Morgan fingerprint density at radius 2 is 2.33 bits per heavy atom. The van der Waals surface area contributed by atoms with Crippen LogP contribution in [0.15, 0.2) is 11.2 Å². The summed E-state index contributed by atoms with van der Waals surface area (Å²) < 4.78 is 0. The molecule has 0 aromatic carbocycles. The molecule has 1 N–H and O–H groups in total. The highest BCUT2D eigenvalue weighted by Gasteiger charge is 2.19. The Labute approximate surface area is 149 Å². The van der Waals surface area contributed by atoms with Crippen LogP contribution in [-0.4, -0.2) is 35.5 Å². The second-order valence-corrected chi connectivity index (χ2v) is 6.64. The molecular weight excluding hydrogens is 395 g/mol. The summed E-state index contributed by atoms with van der Waals surface area (Å²) >= 11 is 1.78. The van der Waals surface area contributed by atoms with E-state index in [1.807, 2.05) is 6.20 Å². The van der Waals surface area contributed by atoms with E-state index in [4.69, 9.17) is 4.99 Å². The van der Waals surface area contributed by atoms with Gasteiger partial charge >= 0.3 is 0 Å². The average Bonchev–Trinajstić information content (AvgIpc) is 2.91. The quantitative estimate of drug-likeness (QED) is 0.459. The normalized spacial score (nSPS) is 19.3.